The van der Waals surface area contributed by atoms with Gasteiger partial charge in [0.25, 0.3) is 11.5 Å². The minimum atomic E-state index is -0.315. The molecule has 0 aliphatic carbocycles. The molecular weight excluding hydrogens is 330 g/mol. The fourth-order valence-electron chi connectivity index (χ4n) is 3.02. The summed E-state index contributed by atoms with van der Waals surface area (Å²) < 4.78 is 0. The summed E-state index contributed by atoms with van der Waals surface area (Å²) in [6.07, 6.45) is 0. The van der Waals surface area contributed by atoms with Crippen LogP contribution in [0.1, 0.15) is 10.4 Å². The van der Waals surface area contributed by atoms with Gasteiger partial charge in [-0.05, 0) is 24.3 Å². The first kappa shape index (κ1) is 15.9. The van der Waals surface area contributed by atoms with Gasteiger partial charge in [-0.1, -0.05) is 18.2 Å². The molecule has 0 bridgehead atoms. The van der Waals surface area contributed by atoms with Crippen LogP contribution in [0.3, 0.4) is 0 Å². The molecule has 0 saturated heterocycles. The second-order valence-corrected chi connectivity index (χ2v) is 6.31. The summed E-state index contributed by atoms with van der Waals surface area (Å²) in [7, 11) is 3.39. The van der Waals surface area contributed by atoms with E-state index >= 15 is 0 Å². The molecule has 130 valence electrons. The standard InChI is InChI=1S/C19H17N5O2/c1-24(2)19(26)10-7-8-13-14(9-10)22-17(21-13)15-16(20)11-5-3-4-6-12(11)23-18(15)25/h3-9H,1-2H3,(H,21,22)(H3,20,23,25). The number of fused-ring (bicyclic) bond motifs is 2. The number of carbonyl (C=O) groups excluding carboxylic acids is 1. The summed E-state index contributed by atoms with van der Waals surface area (Å²) in [6.45, 7) is 0. The number of carbonyl (C=O) groups is 1. The van der Waals surface area contributed by atoms with Crippen LogP contribution in [0.4, 0.5) is 5.69 Å². The van der Waals surface area contributed by atoms with Crippen LogP contribution in [0, 0.1) is 0 Å². The number of anilines is 1. The van der Waals surface area contributed by atoms with Crippen LogP contribution >= 0.6 is 0 Å². The van der Waals surface area contributed by atoms with Gasteiger partial charge in [0.05, 0.1) is 22.2 Å². The highest BCUT2D eigenvalue weighted by Crippen LogP contribution is 2.28. The predicted octanol–water partition coefficient (Wildman–Crippen LogP) is 2.36. The Morgan fingerprint density at radius 1 is 1.08 bits per heavy atom. The van der Waals surface area contributed by atoms with Crippen LogP contribution in [0.2, 0.25) is 0 Å². The Kier molecular flexibility index (Phi) is 3.50. The smallest absolute Gasteiger partial charge is 0.261 e. The third kappa shape index (κ3) is 2.41. The number of nitrogens with one attached hydrogen (secondary N) is 2. The van der Waals surface area contributed by atoms with Crippen LogP contribution in [0.25, 0.3) is 33.3 Å². The minimum Gasteiger partial charge on any atom is -0.397 e. The molecule has 26 heavy (non-hydrogen) atoms. The van der Waals surface area contributed by atoms with Gasteiger partial charge in [-0.25, -0.2) is 4.98 Å². The van der Waals surface area contributed by atoms with Crippen molar-refractivity contribution in [3.8, 4) is 11.4 Å². The Morgan fingerprint density at radius 3 is 2.62 bits per heavy atom. The Bertz CT molecular complexity index is 1220. The number of imidazole rings is 1. The van der Waals surface area contributed by atoms with Crippen molar-refractivity contribution in [2.45, 2.75) is 0 Å². The zero-order valence-corrected chi connectivity index (χ0v) is 14.3. The van der Waals surface area contributed by atoms with E-state index in [1.807, 2.05) is 18.2 Å². The fourth-order valence-corrected chi connectivity index (χ4v) is 3.02. The summed E-state index contributed by atoms with van der Waals surface area (Å²) in [5.74, 6) is 0.269. The van der Waals surface area contributed by atoms with Gasteiger partial charge in [0, 0.05) is 25.0 Å². The van der Waals surface area contributed by atoms with Crippen molar-refractivity contribution < 1.29 is 4.79 Å². The first-order valence-electron chi connectivity index (χ1n) is 8.08. The SMILES string of the molecule is CN(C)C(=O)c1ccc2nc(-c3c(N)c4ccccc4[nH]c3=O)[nH]c2c1. The van der Waals surface area contributed by atoms with Gasteiger partial charge < -0.3 is 20.6 Å². The highest BCUT2D eigenvalue weighted by molar-refractivity contribution is 5.99. The van der Waals surface area contributed by atoms with E-state index in [-0.39, 0.29) is 11.5 Å². The maximum atomic E-state index is 12.5. The second kappa shape index (κ2) is 5.73. The number of nitrogens with two attached hydrogens (primary N) is 1. The average Bonchev–Trinajstić information content (AvgIpc) is 3.03. The Morgan fingerprint density at radius 2 is 1.85 bits per heavy atom. The van der Waals surface area contributed by atoms with Crippen molar-refractivity contribution in [1.82, 2.24) is 19.9 Å². The van der Waals surface area contributed by atoms with Crippen LogP contribution in [0.5, 0.6) is 0 Å². The molecule has 0 aliphatic rings. The van der Waals surface area contributed by atoms with E-state index in [1.165, 1.54) is 4.90 Å². The van der Waals surface area contributed by atoms with Gasteiger partial charge in [0.1, 0.15) is 11.4 Å². The van der Waals surface area contributed by atoms with E-state index in [2.05, 4.69) is 15.0 Å². The van der Waals surface area contributed by atoms with Crippen molar-refractivity contribution >= 4 is 33.5 Å². The Hall–Kier alpha value is -3.61. The quantitative estimate of drug-likeness (QED) is 0.517. The lowest BCUT2D eigenvalue weighted by Gasteiger charge is -2.09. The number of nitrogens with zero attached hydrogens (tertiary/aromatic N) is 2. The molecule has 2 aromatic heterocycles. The van der Waals surface area contributed by atoms with E-state index in [1.54, 1.807) is 38.4 Å². The number of H-pyrrole nitrogens is 2. The lowest BCUT2D eigenvalue weighted by molar-refractivity contribution is 0.0828. The van der Waals surface area contributed by atoms with Gasteiger partial charge in [-0.2, -0.15) is 0 Å². The van der Waals surface area contributed by atoms with Crippen LogP contribution in [0.15, 0.2) is 47.3 Å². The van der Waals surface area contributed by atoms with E-state index in [0.717, 1.165) is 5.39 Å². The van der Waals surface area contributed by atoms with Crippen molar-refractivity contribution in [2.24, 2.45) is 0 Å². The van der Waals surface area contributed by atoms with E-state index in [0.29, 0.717) is 39.2 Å². The van der Waals surface area contributed by atoms with Gasteiger partial charge in [-0.15, -0.1) is 0 Å². The summed E-state index contributed by atoms with van der Waals surface area (Å²) in [5.41, 5.74) is 9.13. The van der Waals surface area contributed by atoms with E-state index < -0.39 is 0 Å². The second-order valence-electron chi connectivity index (χ2n) is 6.31. The number of para-hydroxylation sites is 1. The molecule has 0 unspecified atom stereocenters. The lowest BCUT2D eigenvalue weighted by Crippen LogP contribution is -2.21. The number of rotatable bonds is 2. The Balaban J connectivity index is 1.91. The zero-order valence-electron chi connectivity index (χ0n) is 14.3. The molecule has 0 atom stereocenters. The molecule has 1 amide bonds. The molecule has 2 heterocycles. The number of hydrogen-bond acceptors (Lipinski definition) is 4. The van der Waals surface area contributed by atoms with Gasteiger partial charge >= 0.3 is 0 Å². The maximum absolute atomic E-state index is 12.5. The summed E-state index contributed by atoms with van der Waals surface area (Å²) >= 11 is 0. The lowest BCUT2D eigenvalue weighted by atomic mass is 10.1. The monoisotopic (exact) mass is 347 g/mol. The van der Waals surface area contributed by atoms with Gasteiger partial charge in [-0.3, -0.25) is 9.59 Å². The van der Waals surface area contributed by atoms with Crippen molar-refractivity contribution in [3.05, 3.63) is 58.4 Å². The van der Waals surface area contributed by atoms with Gasteiger partial charge in [0.15, 0.2) is 0 Å². The van der Waals surface area contributed by atoms with Crippen molar-refractivity contribution in [1.29, 1.82) is 0 Å². The number of amides is 1. The normalized spacial score (nSPS) is 11.2. The van der Waals surface area contributed by atoms with Crippen LogP contribution in [-0.2, 0) is 0 Å². The number of nitrogen functional groups attached to an aromatic ring is 1. The maximum Gasteiger partial charge on any atom is 0.261 e. The molecule has 4 N–H and O–H groups in total. The number of pyridine rings is 1. The number of hydrogen-bond donors (Lipinski definition) is 3. The molecule has 7 heteroatoms. The minimum absolute atomic E-state index is 0.105. The zero-order chi connectivity index (χ0) is 18.4. The summed E-state index contributed by atoms with van der Waals surface area (Å²) in [4.78, 5) is 36.6. The molecule has 4 aromatic rings. The molecule has 0 fully saturated rings. The molecular formula is C19H17N5O2. The predicted molar refractivity (Wildman–Crippen MR) is 102 cm³/mol. The van der Waals surface area contributed by atoms with Crippen LogP contribution in [-0.4, -0.2) is 39.9 Å². The average molecular weight is 347 g/mol. The molecule has 2 aromatic carbocycles. The van der Waals surface area contributed by atoms with E-state index in [4.69, 9.17) is 5.73 Å². The summed E-state index contributed by atoms with van der Waals surface area (Å²) in [5, 5.41) is 0.756. The number of aromatic nitrogens is 3. The third-order valence-corrected chi connectivity index (χ3v) is 4.33. The molecule has 0 aliphatic heterocycles. The largest absolute Gasteiger partial charge is 0.397 e. The van der Waals surface area contributed by atoms with Crippen molar-refractivity contribution in [3.63, 3.8) is 0 Å². The molecule has 0 spiro atoms. The van der Waals surface area contributed by atoms with E-state index in [9.17, 15) is 9.59 Å². The van der Waals surface area contributed by atoms with Crippen LogP contribution < -0.4 is 11.3 Å². The highest BCUT2D eigenvalue weighted by atomic mass is 16.2. The first-order chi connectivity index (χ1) is 12.5. The molecule has 0 saturated carbocycles. The highest BCUT2D eigenvalue weighted by Gasteiger charge is 2.17. The third-order valence-electron chi connectivity index (χ3n) is 4.33. The van der Waals surface area contributed by atoms with Gasteiger partial charge in [0.2, 0.25) is 0 Å². The topological polar surface area (TPSA) is 108 Å². The molecule has 0 radical (unpaired) electrons. The number of benzene rings is 2. The summed E-state index contributed by atoms with van der Waals surface area (Å²) in [6, 6.07) is 12.5. The molecule has 7 nitrogen and oxygen atoms in total. The molecule has 4 rings (SSSR count). The fraction of sp³-hybridized carbons (Fsp3) is 0.105. The Labute approximate surface area is 148 Å². The number of aromatic amines is 2. The van der Waals surface area contributed by atoms with Crippen molar-refractivity contribution in [2.75, 3.05) is 19.8 Å². The first-order valence-corrected chi connectivity index (χ1v) is 8.08.